The molecule has 0 spiro atoms. The predicted molar refractivity (Wildman–Crippen MR) is 39.1 cm³/mol. The molecule has 2 rings (SSSR count). The second kappa shape index (κ2) is 2.45. The van der Waals surface area contributed by atoms with Crippen molar-refractivity contribution in [2.24, 2.45) is 0 Å². The van der Waals surface area contributed by atoms with Crippen LogP contribution >= 0.6 is 0 Å². The van der Waals surface area contributed by atoms with Crippen LogP contribution in [0.1, 0.15) is 6.42 Å². The van der Waals surface area contributed by atoms with Crippen molar-refractivity contribution in [1.82, 2.24) is 10.2 Å². The zero-order chi connectivity index (χ0) is 8.72. The Hall–Kier alpha value is -1.10. The Morgan fingerprint density at radius 1 is 1.50 bits per heavy atom. The molecule has 0 saturated carbocycles. The van der Waals surface area contributed by atoms with Crippen molar-refractivity contribution in [1.29, 1.82) is 0 Å². The number of amides is 2. The minimum atomic E-state index is -0.539. The summed E-state index contributed by atoms with van der Waals surface area (Å²) < 4.78 is 0. The molecule has 2 fully saturated rings. The average Bonchev–Trinajstić information content (AvgIpc) is 2.41. The fraction of sp³-hybridized carbons (Fsp3) is 0.714. The molecule has 0 aromatic carbocycles. The first-order valence-electron chi connectivity index (χ1n) is 3.94. The molecule has 12 heavy (non-hydrogen) atoms. The summed E-state index contributed by atoms with van der Waals surface area (Å²) in [5.41, 5.74) is 0. The lowest BCUT2D eigenvalue weighted by Crippen LogP contribution is -2.55. The molecular formula is C7H10N2O3. The highest BCUT2D eigenvalue weighted by atomic mass is 16.3. The fourth-order valence-electron chi connectivity index (χ4n) is 1.72. The van der Waals surface area contributed by atoms with Gasteiger partial charge in [0.05, 0.1) is 12.6 Å². The van der Waals surface area contributed by atoms with Crippen LogP contribution in [-0.4, -0.2) is 47.1 Å². The van der Waals surface area contributed by atoms with Crippen LogP contribution in [0.2, 0.25) is 0 Å². The van der Waals surface area contributed by atoms with Gasteiger partial charge in [0.25, 0.3) is 0 Å². The van der Waals surface area contributed by atoms with Crippen molar-refractivity contribution in [2.75, 3.05) is 13.1 Å². The normalized spacial score (nSPS) is 34.9. The monoisotopic (exact) mass is 170 g/mol. The van der Waals surface area contributed by atoms with Crippen LogP contribution in [0, 0.1) is 0 Å². The van der Waals surface area contributed by atoms with Crippen LogP contribution in [0.15, 0.2) is 0 Å². The van der Waals surface area contributed by atoms with Crippen LogP contribution < -0.4 is 5.32 Å². The maximum absolute atomic E-state index is 11.2. The summed E-state index contributed by atoms with van der Waals surface area (Å²) in [6.45, 7) is 0.374. The Bertz CT molecular complexity index is 217. The fourth-order valence-corrected chi connectivity index (χ4v) is 1.72. The molecule has 0 aromatic heterocycles. The van der Waals surface area contributed by atoms with E-state index in [2.05, 4.69) is 5.32 Å². The van der Waals surface area contributed by atoms with Gasteiger partial charge in [-0.1, -0.05) is 0 Å². The Morgan fingerprint density at radius 3 is 2.92 bits per heavy atom. The Morgan fingerprint density at radius 2 is 2.25 bits per heavy atom. The number of piperazine rings is 1. The van der Waals surface area contributed by atoms with E-state index in [9.17, 15) is 14.7 Å². The van der Waals surface area contributed by atoms with Crippen molar-refractivity contribution in [3.05, 3.63) is 0 Å². The van der Waals surface area contributed by atoms with E-state index in [1.54, 1.807) is 0 Å². The quantitative estimate of drug-likeness (QED) is 0.445. The molecule has 2 saturated heterocycles. The molecule has 2 aliphatic rings. The van der Waals surface area contributed by atoms with Gasteiger partial charge in [0.15, 0.2) is 0 Å². The first-order chi connectivity index (χ1) is 5.68. The summed E-state index contributed by atoms with van der Waals surface area (Å²) in [5.74, 6) is -0.248. The number of aliphatic hydroxyl groups excluding tert-OH is 1. The first-order valence-corrected chi connectivity index (χ1v) is 3.94. The number of hydrogen-bond donors (Lipinski definition) is 2. The van der Waals surface area contributed by atoms with Crippen LogP contribution in [0.3, 0.4) is 0 Å². The highest BCUT2D eigenvalue weighted by molar-refractivity contribution is 5.95. The topological polar surface area (TPSA) is 69.6 Å². The Labute approximate surface area is 69.3 Å². The van der Waals surface area contributed by atoms with Gasteiger partial charge in [0, 0.05) is 13.0 Å². The number of fused-ring (bicyclic) bond motifs is 1. The van der Waals surface area contributed by atoms with Gasteiger partial charge in [-0.15, -0.1) is 0 Å². The molecule has 0 radical (unpaired) electrons. The van der Waals surface area contributed by atoms with E-state index in [4.69, 9.17) is 0 Å². The second-order valence-electron chi connectivity index (χ2n) is 3.17. The molecule has 0 aromatic rings. The zero-order valence-corrected chi connectivity index (χ0v) is 6.49. The number of carbonyl (C=O) groups excluding carboxylic acids is 2. The lowest BCUT2D eigenvalue weighted by molar-refractivity contribution is -0.143. The molecule has 0 bridgehead atoms. The number of rotatable bonds is 0. The third-order valence-corrected chi connectivity index (χ3v) is 2.32. The summed E-state index contributed by atoms with van der Waals surface area (Å²) in [6.07, 6.45) is -0.166. The first kappa shape index (κ1) is 7.54. The number of hydrogen-bond acceptors (Lipinski definition) is 3. The van der Waals surface area contributed by atoms with Gasteiger partial charge in [-0.2, -0.15) is 0 Å². The lowest BCUT2D eigenvalue weighted by Gasteiger charge is -2.28. The third kappa shape index (κ3) is 0.972. The Balaban J connectivity index is 2.20. The van der Waals surface area contributed by atoms with E-state index >= 15 is 0 Å². The highest BCUT2D eigenvalue weighted by Crippen LogP contribution is 2.19. The zero-order valence-electron chi connectivity index (χ0n) is 6.49. The Kier molecular flexibility index (Phi) is 1.54. The molecule has 5 heteroatoms. The largest absolute Gasteiger partial charge is 0.391 e. The van der Waals surface area contributed by atoms with Crippen LogP contribution in [0.4, 0.5) is 0 Å². The number of carbonyl (C=O) groups is 2. The van der Waals surface area contributed by atoms with E-state index in [0.717, 1.165) is 0 Å². The van der Waals surface area contributed by atoms with Crippen molar-refractivity contribution in [2.45, 2.75) is 18.6 Å². The summed E-state index contributed by atoms with van der Waals surface area (Å²) >= 11 is 0. The van der Waals surface area contributed by atoms with Gasteiger partial charge >= 0.3 is 0 Å². The molecule has 0 aliphatic carbocycles. The van der Waals surface area contributed by atoms with Gasteiger partial charge in [0.1, 0.15) is 6.04 Å². The van der Waals surface area contributed by atoms with Crippen molar-refractivity contribution in [3.8, 4) is 0 Å². The highest BCUT2D eigenvalue weighted by Gasteiger charge is 2.41. The minimum Gasteiger partial charge on any atom is -0.391 e. The van der Waals surface area contributed by atoms with Gasteiger partial charge in [0.2, 0.25) is 11.8 Å². The van der Waals surface area contributed by atoms with Gasteiger partial charge < -0.3 is 15.3 Å². The molecule has 2 heterocycles. The van der Waals surface area contributed by atoms with Gasteiger partial charge in [-0.3, -0.25) is 9.59 Å². The van der Waals surface area contributed by atoms with Crippen molar-refractivity contribution >= 4 is 11.8 Å². The van der Waals surface area contributed by atoms with Crippen LogP contribution in [0.5, 0.6) is 0 Å². The summed E-state index contributed by atoms with van der Waals surface area (Å²) in [6, 6.07) is -0.429. The van der Waals surface area contributed by atoms with E-state index in [0.29, 0.717) is 13.0 Å². The third-order valence-electron chi connectivity index (χ3n) is 2.32. The average molecular weight is 170 g/mol. The molecule has 2 aliphatic heterocycles. The van der Waals surface area contributed by atoms with Crippen molar-refractivity contribution in [3.63, 3.8) is 0 Å². The molecule has 2 atom stereocenters. The number of nitrogens with zero attached hydrogens (tertiary/aromatic N) is 1. The maximum Gasteiger partial charge on any atom is 0.243 e. The smallest absolute Gasteiger partial charge is 0.243 e. The van der Waals surface area contributed by atoms with Crippen LogP contribution in [0.25, 0.3) is 0 Å². The molecule has 5 nitrogen and oxygen atoms in total. The number of aliphatic hydroxyl groups is 1. The van der Waals surface area contributed by atoms with Gasteiger partial charge in [-0.05, 0) is 0 Å². The predicted octanol–water partition coefficient (Wildman–Crippen LogP) is -1.92. The molecular weight excluding hydrogens is 160 g/mol. The minimum absolute atomic E-state index is 0.0715. The lowest BCUT2D eigenvalue weighted by atomic mass is 10.1. The molecule has 2 amide bonds. The van der Waals surface area contributed by atoms with Gasteiger partial charge in [-0.25, -0.2) is 0 Å². The standard InChI is InChI=1S/C7H10N2O3/c10-4-1-5-7(12)8-2-6(11)9(5)3-4/h4-5,10H,1-3H2,(H,8,12). The van der Waals surface area contributed by atoms with E-state index in [1.807, 2.05) is 0 Å². The molecule has 2 N–H and O–H groups in total. The van der Waals surface area contributed by atoms with Crippen LogP contribution in [-0.2, 0) is 9.59 Å². The van der Waals surface area contributed by atoms with Crippen molar-refractivity contribution < 1.29 is 14.7 Å². The molecule has 66 valence electrons. The SMILES string of the molecule is O=C1NCC(=O)N2CC(O)CC12. The van der Waals surface area contributed by atoms with E-state index in [1.165, 1.54) is 4.90 Å². The van der Waals surface area contributed by atoms with E-state index < -0.39 is 12.1 Å². The second-order valence-corrected chi connectivity index (χ2v) is 3.17. The summed E-state index contributed by atoms with van der Waals surface area (Å²) in [7, 11) is 0. The van der Waals surface area contributed by atoms with E-state index in [-0.39, 0.29) is 18.4 Å². The summed E-state index contributed by atoms with van der Waals surface area (Å²) in [5, 5.41) is 11.7. The molecule has 2 unspecified atom stereocenters. The maximum atomic E-state index is 11.2. The summed E-state index contributed by atoms with van der Waals surface area (Å²) in [4.78, 5) is 23.8. The number of nitrogens with one attached hydrogen (secondary N) is 1.